The van der Waals surface area contributed by atoms with Crippen molar-refractivity contribution in [3.63, 3.8) is 0 Å². The molecule has 0 bridgehead atoms. The van der Waals surface area contributed by atoms with Gasteiger partial charge < -0.3 is 0 Å². The van der Waals surface area contributed by atoms with Crippen molar-refractivity contribution in [3.8, 4) is 22.3 Å². The second kappa shape index (κ2) is 10.6. The van der Waals surface area contributed by atoms with Gasteiger partial charge in [-0.15, -0.1) is 0 Å². The Morgan fingerprint density at radius 1 is 0.548 bits per heavy atom. The van der Waals surface area contributed by atoms with E-state index in [1.54, 1.807) is 0 Å². The zero-order valence-electron chi connectivity index (χ0n) is 26.1. The van der Waals surface area contributed by atoms with Gasteiger partial charge in [0.25, 0.3) is 0 Å². The van der Waals surface area contributed by atoms with Gasteiger partial charge in [-0.1, -0.05) is 0 Å². The number of fused-ring (bicyclic) bond motifs is 2. The molecule has 4 aromatic rings. The van der Waals surface area contributed by atoms with E-state index in [0.717, 1.165) is 0 Å². The Bertz CT molecular complexity index is 1700. The molecule has 6 rings (SSSR count). The van der Waals surface area contributed by atoms with Crippen LogP contribution in [-0.4, -0.2) is 5.92 Å². The van der Waals surface area contributed by atoms with Crippen LogP contribution in [0.25, 0.3) is 34.4 Å². The van der Waals surface area contributed by atoms with Crippen LogP contribution in [0.2, 0.25) is 13.1 Å². The topological polar surface area (TPSA) is 0 Å². The standard InChI is InChI=1S/2C18H17.C2H7Si.2ClH.Zr/c2*1-12-7-8-14(3)17(10-12)16-6-4-5-15-9-13(2)11-18(15)16;1-3-2;;;/h2*4-11H,1-3H3;3H,1-2H3;2*1H;/q;;;;;+2/p-2. The van der Waals surface area contributed by atoms with Gasteiger partial charge in [0.05, 0.1) is 0 Å². The molecule has 2 atom stereocenters. The third-order valence-electron chi connectivity index (χ3n) is 10.1. The van der Waals surface area contributed by atoms with Crippen molar-refractivity contribution in [2.75, 3.05) is 0 Å². The minimum atomic E-state index is -4.70. The van der Waals surface area contributed by atoms with Crippen molar-refractivity contribution in [2.45, 2.75) is 61.9 Å². The van der Waals surface area contributed by atoms with Crippen LogP contribution in [-0.2, 0) is 15.6 Å². The van der Waals surface area contributed by atoms with Crippen LogP contribution in [0.1, 0.15) is 65.6 Å². The van der Waals surface area contributed by atoms with Crippen molar-refractivity contribution in [3.05, 3.63) is 128 Å². The number of hydrogen-bond donors (Lipinski definition) is 0. The molecule has 0 radical (unpaired) electrons. The average molecular weight is 688 g/mol. The molecule has 42 heavy (non-hydrogen) atoms. The van der Waals surface area contributed by atoms with Gasteiger partial charge in [-0.2, -0.15) is 0 Å². The predicted molar refractivity (Wildman–Crippen MR) is 186 cm³/mol. The second-order valence-electron chi connectivity index (χ2n) is 13.3. The summed E-state index contributed by atoms with van der Waals surface area (Å²) < 4.78 is 0.204. The van der Waals surface area contributed by atoms with Crippen molar-refractivity contribution >= 4 is 35.1 Å². The summed E-state index contributed by atoms with van der Waals surface area (Å²) in [5.41, 5.74) is 18.3. The van der Waals surface area contributed by atoms with Gasteiger partial charge in [0.1, 0.15) is 0 Å². The summed E-state index contributed by atoms with van der Waals surface area (Å²) in [7, 11) is 16.9. The van der Waals surface area contributed by atoms with E-state index in [1.165, 1.54) is 77.9 Å². The molecule has 0 fully saturated rings. The molecule has 4 aromatic carbocycles. The first-order chi connectivity index (χ1) is 19.8. The Balaban J connectivity index is 1.56. The van der Waals surface area contributed by atoms with Crippen LogP contribution in [0.5, 0.6) is 0 Å². The van der Waals surface area contributed by atoms with E-state index >= 15 is 0 Å². The van der Waals surface area contributed by atoms with Crippen LogP contribution < -0.4 is 0 Å². The number of aryl methyl sites for hydroxylation is 4. The number of hydrogen-bond acceptors (Lipinski definition) is 0. The Labute approximate surface area is 261 Å². The first kappa shape index (κ1) is 30.1. The summed E-state index contributed by atoms with van der Waals surface area (Å²) in [6.07, 6.45) is 4.82. The van der Waals surface area contributed by atoms with Gasteiger partial charge in [-0.05, 0) is 0 Å². The summed E-state index contributed by atoms with van der Waals surface area (Å²) in [6.45, 7) is 18.2. The monoisotopic (exact) mass is 685 g/mol. The molecule has 0 aromatic heterocycles. The Hall–Kier alpha value is -1.96. The molecule has 4 heteroatoms. The van der Waals surface area contributed by atoms with Gasteiger partial charge in [0.2, 0.25) is 0 Å². The number of halogens is 2. The normalized spacial score (nSPS) is 18.8. The molecule has 0 amide bonds. The predicted octanol–water partition coefficient (Wildman–Crippen LogP) is 11.9. The molecule has 0 N–H and O–H groups in total. The molecule has 0 nitrogen and oxygen atoms in total. The molecule has 2 unspecified atom stereocenters. The van der Waals surface area contributed by atoms with E-state index in [9.17, 15) is 0 Å². The third kappa shape index (κ3) is 4.47. The van der Waals surface area contributed by atoms with Gasteiger partial charge in [0, 0.05) is 0 Å². The fourth-order valence-electron chi connectivity index (χ4n) is 7.92. The molecular formula is C38H41Cl2SiZr. The maximum atomic E-state index is 8.45. The molecule has 0 saturated heterocycles. The van der Waals surface area contributed by atoms with Crippen molar-refractivity contribution < 1.29 is 15.6 Å². The summed E-state index contributed by atoms with van der Waals surface area (Å²) in [5, 5.41) is 0. The summed E-state index contributed by atoms with van der Waals surface area (Å²) in [6, 6.07) is 27.1. The minimum absolute atomic E-state index is 0.102. The van der Waals surface area contributed by atoms with Crippen molar-refractivity contribution in [1.29, 1.82) is 0 Å². The van der Waals surface area contributed by atoms with Crippen LogP contribution >= 0.6 is 17.0 Å². The van der Waals surface area contributed by atoms with Gasteiger partial charge in [-0.3, -0.25) is 0 Å². The molecule has 2 aliphatic carbocycles. The van der Waals surface area contributed by atoms with Crippen LogP contribution in [0.15, 0.2) is 83.9 Å². The quantitative estimate of drug-likeness (QED) is 0.183. The van der Waals surface area contributed by atoms with Gasteiger partial charge in [0.15, 0.2) is 0 Å². The number of rotatable bonds is 5. The Kier molecular flexibility index (Phi) is 7.58. The fourth-order valence-corrected chi connectivity index (χ4v) is 40.8. The number of allylic oxidation sites excluding steroid dienone is 2. The van der Waals surface area contributed by atoms with Crippen LogP contribution in [0.4, 0.5) is 0 Å². The first-order valence-corrected chi connectivity index (χ1v) is 31.5. The van der Waals surface area contributed by atoms with Crippen LogP contribution in [0, 0.1) is 27.7 Å². The number of benzene rings is 4. The van der Waals surface area contributed by atoms with Crippen LogP contribution in [0.3, 0.4) is 0 Å². The van der Waals surface area contributed by atoms with Gasteiger partial charge >= 0.3 is 263 Å². The van der Waals surface area contributed by atoms with Crippen molar-refractivity contribution in [1.82, 2.24) is 0 Å². The fraction of sp³-hybridized carbons (Fsp3) is 0.263. The van der Waals surface area contributed by atoms with Crippen molar-refractivity contribution in [2.24, 2.45) is 0 Å². The third-order valence-corrected chi connectivity index (χ3v) is 62.4. The summed E-state index contributed by atoms with van der Waals surface area (Å²) in [5.74, 6) is -1.57. The van der Waals surface area contributed by atoms with E-state index in [2.05, 4.69) is 140 Å². The average Bonchev–Trinajstić information content (AvgIpc) is 3.48. The SMILES string of the molecule is CC1=Cc2c(-c3cc(C)ccc3C)cccc2[CH]1[Zr]([Cl])([Cl])([CH]1C(C)=Cc2c(-c3cc(C)ccc3C)cccc21)[SiH](C)C. The molecule has 0 saturated carbocycles. The molecule has 0 aliphatic heterocycles. The van der Waals surface area contributed by atoms with Gasteiger partial charge in [-0.25, -0.2) is 0 Å². The Morgan fingerprint density at radius 2 is 0.952 bits per heavy atom. The molecule has 215 valence electrons. The molecule has 2 aliphatic rings. The Morgan fingerprint density at radius 3 is 1.33 bits per heavy atom. The van der Waals surface area contributed by atoms with E-state index in [-0.39, 0.29) is 7.25 Å². The van der Waals surface area contributed by atoms with E-state index < -0.39 is 21.5 Å². The summed E-state index contributed by atoms with van der Waals surface area (Å²) >= 11 is -4.70. The first-order valence-electron chi connectivity index (χ1n) is 15.2. The van der Waals surface area contributed by atoms with E-state index in [1.807, 2.05) is 0 Å². The molecule has 0 spiro atoms. The molecule has 0 heterocycles. The molecular weight excluding hydrogens is 647 g/mol. The summed E-state index contributed by atoms with van der Waals surface area (Å²) in [4.78, 5) is 0. The zero-order valence-corrected chi connectivity index (χ0v) is 31.2. The second-order valence-corrected chi connectivity index (χ2v) is 55.8. The van der Waals surface area contributed by atoms with E-state index in [4.69, 9.17) is 17.0 Å². The van der Waals surface area contributed by atoms with E-state index in [0.29, 0.717) is 0 Å². The zero-order chi connectivity index (χ0) is 30.2. The maximum absolute atomic E-state index is 8.45.